The number of hydrogen-bond donors (Lipinski definition) is 2. The maximum absolute atomic E-state index is 11.4. The number of carbonyl (C=O) groups excluding carboxylic acids is 1. The number of benzene rings is 2. The average Bonchev–Trinajstić information content (AvgIpc) is 2.69. The molecule has 1 atom stereocenters. The number of piperidine rings is 1. The Balaban J connectivity index is 1.53. The van der Waals surface area contributed by atoms with E-state index in [1.807, 2.05) is 24.3 Å². The van der Waals surface area contributed by atoms with Gasteiger partial charge in [0.2, 0.25) is 5.91 Å². The third-order valence-corrected chi connectivity index (χ3v) is 4.84. The van der Waals surface area contributed by atoms with Crippen molar-refractivity contribution < 1.29 is 4.79 Å². The lowest BCUT2D eigenvalue weighted by Gasteiger charge is -2.33. The third kappa shape index (κ3) is 4.62. The van der Waals surface area contributed by atoms with Crippen LogP contribution >= 0.6 is 0 Å². The summed E-state index contributed by atoms with van der Waals surface area (Å²) in [5.74, 6) is -0.245. The maximum atomic E-state index is 11.4. The van der Waals surface area contributed by atoms with Crippen molar-refractivity contribution in [3.05, 3.63) is 65.2 Å². The minimum absolute atomic E-state index is 0.0470. The lowest BCUT2D eigenvalue weighted by molar-refractivity contribution is -0.122. The first-order valence-corrected chi connectivity index (χ1v) is 8.98. The molecular weight excluding hydrogens is 324 g/mol. The lowest BCUT2D eigenvalue weighted by Crippen LogP contribution is -2.41. The van der Waals surface area contributed by atoms with Gasteiger partial charge in [0, 0.05) is 31.9 Å². The summed E-state index contributed by atoms with van der Waals surface area (Å²) in [4.78, 5) is 13.7. The molecule has 0 spiro atoms. The molecule has 3 rings (SSSR count). The van der Waals surface area contributed by atoms with E-state index in [1.165, 1.54) is 5.56 Å². The smallest absolute Gasteiger partial charge is 0.222 e. The molecule has 1 heterocycles. The number of rotatable bonds is 6. The molecule has 0 radical (unpaired) electrons. The van der Waals surface area contributed by atoms with Gasteiger partial charge in [-0.3, -0.25) is 4.79 Å². The van der Waals surface area contributed by atoms with Gasteiger partial charge in [-0.05, 0) is 48.2 Å². The third-order valence-electron chi connectivity index (χ3n) is 4.84. The average molecular weight is 348 g/mol. The molecule has 3 N–H and O–H groups in total. The van der Waals surface area contributed by atoms with Crippen LogP contribution in [-0.4, -0.2) is 19.0 Å². The van der Waals surface area contributed by atoms with Crippen LogP contribution in [0.5, 0.6) is 0 Å². The molecular formula is C21H24N4O. The Labute approximate surface area is 154 Å². The molecule has 1 saturated heterocycles. The van der Waals surface area contributed by atoms with Crippen LogP contribution in [-0.2, 0) is 17.9 Å². The second-order valence-corrected chi connectivity index (χ2v) is 6.77. The van der Waals surface area contributed by atoms with Crippen molar-refractivity contribution in [2.45, 2.75) is 25.9 Å². The predicted molar refractivity (Wildman–Crippen MR) is 102 cm³/mol. The van der Waals surface area contributed by atoms with Crippen LogP contribution in [0, 0.1) is 17.2 Å². The minimum Gasteiger partial charge on any atom is -0.371 e. The van der Waals surface area contributed by atoms with E-state index in [0.29, 0.717) is 12.1 Å². The van der Waals surface area contributed by atoms with Crippen molar-refractivity contribution >= 4 is 11.6 Å². The second kappa shape index (κ2) is 8.50. The Morgan fingerprint density at radius 3 is 2.69 bits per heavy atom. The summed E-state index contributed by atoms with van der Waals surface area (Å²) in [6.45, 7) is 3.17. The van der Waals surface area contributed by atoms with Crippen LogP contribution in [0.4, 0.5) is 5.69 Å². The standard InChI is InChI=1S/C21H24N4O/c22-12-17-3-1-4-18(11-17)14-24-13-16-6-8-20(9-7-16)25-10-2-5-19(15-25)21(23)26/h1,3-4,6-9,11,19,24H,2,5,10,13-15H2,(H2,23,26)/t19-/m0/s1. The van der Waals surface area contributed by atoms with Crippen LogP contribution in [0.1, 0.15) is 29.5 Å². The molecule has 1 aliphatic heterocycles. The molecule has 0 aromatic heterocycles. The maximum Gasteiger partial charge on any atom is 0.222 e. The van der Waals surface area contributed by atoms with Gasteiger partial charge in [0.05, 0.1) is 17.6 Å². The van der Waals surface area contributed by atoms with Crippen molar-refractivity contribution in [3.63, 3.8) is 0 Å². The molecule has 1 amide bonds. The van der Waals surface area contributed by atoms with E-state index in [-0.39, 0.29) is 11.8 Å². The van der Waals surface area contributed by atoms with Crippen LogP contribution in [0.15, 0.2) is 48.5 Å². The first kappa shape index (κ1) is 18.0. The molecule has 2 aromatic carbocycles. The van der Waals surface area contributed by atoms with E-state index in [0.717, 1.165) is 43.7 Å². The van der Waals surface area contributed by atoms with Crippen LogP contribution in [0.2, 0.25) is 0 Å². The quantitative estimate of drug-likeness (QED) is 0.840. The molecule has 0 bridgehead atoms. The molecule has 2 aromatic rings. The number of amides is 1. The number of hydrogen-bond acceptors (Lipinski definition) is 4. The van der Waals surface area contributed by atoms with Crippen molar-refractivity contribution in [2.24, 2.45) is 11.7 Å². The Kier molecular flexibility index (Phi) is 5.88. The first-order chi connectivity index (χ1) is 12.7. The van der Waals surface area contributed by atoms with Crippen molar-refractivity contribution in [3.8, 4) is 6.07 Å². The van der Waals surface area contributed by atoms with Crippen LogP contribution in [0.3, 0.4) is 0 Å². The number of nitriles is 1. The Morgan fingerprint density at radius 1 is 1.19 bits per heavy atom. The Hall–Kier alpha value is -2.84. The molecule has 5 nitrogen and oxygen atoms in total. The zero-order valence-corrected chi connectivity index (χ0v) is 14.8. The first-order valence-electron chi connectivity index (χ1n) is 8.98. The summed E-state index contributed by atoms with van der Waals surface area (Å²) in [5.41, 5.74) is 9.59. The number of nitrogens with one attached hydrogen (secondary N) is 1. The van der Waals surface area contributed by atoms with Crippen molar-refractivity contribution in [1.82, 2.24) is 5.32 Å². The van der Waals surface area contributed by atoms with Gasteiger partial charge in [0.1, 0.15) is 0 Å². The fourth-order valence-electron chi connectivity index (χ4n) is 3.37. The van der Waals surface area contributed by atoms with Crippen LogP contribution in [0.25, 0.3) is 0 Å². The van der Waals surface area contributed by atoms with Gasteiger partial charge in [-0.1, -0.05) is 24.3 Å². The predicted octanol–water partition coefficient (Wildman–Crippen LogP) is 2.55. The van der Waals surface area contributed by atoms with Crippen molar-refractivity contribution in [2.75, 3.05) is 18.0 Å². The topological polar surface area (TPSA) is 82.2 Å². The fourth-order valence-corrected chi connectivity index (χ4v) is 3.37. The monoisotopic (exact) mass is 348 g/mol. The van der Waals surface area contributed by atoms with Gasteiger partial charge < -0.3 is 16.0 Å². The number of nitrogens with zero attached hydrogens (tertiary/aromatic N) is 2. The van der Waals surface area contributed by atoms with E-state index in [9.17, 15) is 4.79 Å². The van der Waals surface area contributed by atoms with Gasteiger partial charge in [-0.2, -0.15) is 5.26 Å². The summed E-state index contributed by atoms with van der Waals surface area (Å²) in [7, 11) is 0. The Morgan fingerprint density at radius 2 is 1.96 bits per heavy atom. The van der Waals surface area contributed by atoms with Gasteiger partial charge in [0.25, 0.3) is 0 Å². The molecule has 1 fully saturated rings. The molecule has 5 heteroatoms. The van der Waals surface area contributed by atoms with Gasteiger partial charge in [0.15, 0.2) is 0 Å². The summed E-state index contributed by atoms with van der Waals surface area (Å²) in [6, 6.07) is 18.2. The highest BCUT2D eigenvalue weighted by molar-refractivity contribution is 5.77. The zero-order chi connectivity index (χ0) is 18.4. The van der Waals surface area contributed by atoms with Crippen molar-refractivity contribution in [1.29, 1.82) is 5.26 Å². The lowest BCUT2D eigenvalue weighted by atomic mass is 9.97. The highest BCUT2D eigenvalue weighted by atomic mass is 16.1. The van der Waals surface area contributed by atoms with Gasteiger partial charge in [-0.25, -0.2) is 0 Å². The van der Waals surface area contributed by atoms with Crippen LogP contribution < -0.4 is 16.0 Å². The number of carbonyl (C=O) groups is 1. The fraction of sp³-hybridized carbons (Fsp3) is 0.333. The Bertz CT molecular complexity index is 794. The molecule has 0 unspecified atom stereocenters. The summed E-state index contributed by atoms with van der Waals surface area (Å²) >= 11 is 0. The normalized spacial score (nSPS) is 16.9. The molecule has 26 heavy (non-hydrogen) atoms. The summed E-state index contributed by atoms with van der Waals surface area (Å²) < 4.78 is 0. The zero-order valence-electron chi connectivity index (χ0n) is 14.8. The molecule has 0 aliphatic carbocycles. The van der Waals surface area contributed by atoms with Gasteiger partial charge >= 0.3 is 0 Å². The number of anilines is 1. The minimum atomic E-state index is -0.198. The second-order valence-electron chi connectivity index (χ2n) is 6.77. The summed E-state index contributed by atoms with van der Waals surface area (Å²) in [5, 5.41) is 12.4. The number of primary amides is 1. The van der Waals surface area contributed by atoms with Gasteiger partial charge in [-0.15, -0.1) is 0 Å². The SMILES string of the molecule is N#Cc1cccc(CNCc2ccc(N3CCC[C@H](C(N)=O)C3)cc2)c1. The largest absolute Gasteiger partial charge is 0.371 e. The highest BCUT2D eigenvalue weighted by Gasteiger charge is 2.23. The molecule has 1 aliphatic rings. The molecule has 134 valence electrons. The van der Waals surface area contributed by atoms with E-state index < -0.39 is 0 Å². The van der Waals surface area contributed by atoms with E-state index in [4.69, 9.17) is 11.0 Å². The number of nitrogens with two attached hydrogens (primary N) is 1. The summed E-state index contributed by atoms with van der Waals surface area (Å²) in [6.07, 6.45) is 1.89. The van der Waals surface area contributed by atoms with E-state index in [2.05, 4.69) is 40.6 Å². The highest BCUT2D eigenvalue weighted by Crippen LogP contribution is 2.23. The molecule has 0 saturated carbocycles. The van der Waals surface area contributed by atoms with E-state index >= 15 is 0 Å². The van der Waals surface area contributed by atoms with E-state index in [1.54, 1.807) is 0 Å².